The number of halogens is 3. The number of aryl methyl sites for hydroxylation is 1. The standard InChI is InChI=1S/C18H30N4O.3ClH/c1-3-21-10-12-22(13-11-21)9-5-4-8-20-18(23)17-14-16(19)7-6-15(17)2;;;/h6-7,14H,3-5,8-13,19H2,1-2H3,(H,20,23);3*1H. The van der Waals surface area contributed by atoms with Gasteiger partial charge >= 0.3 is 0 Å². The number of unbranched alkanes of at least 4 members (excludes halogenated alkanes) is 1. The van der Waals surface area contributed by atoms with E-state index in [0.717, 1.165) is 38.0 Å². The molecule has 8 heteroatoms. The average Bonchev–Trinajstić information content (AvgIpc) is 2.57. The quantitative estimate of drug-likeness (QED) is 0.519. The molecule has 1 fully saturated rings. The van der Waals surface area contributed by atoms with Gasteiger partial charge < -0.3 is 20.9 Å². The first-order valence-electron chi connectivity index (χ1n) is 8.69. The summed E-state index contributed by atoms with van der Waals surface area (Å²) < 4.78 is 0. The zero-order chi connectivity index (χ0) is 16.7. The summed E-state index contributed by atoms with van der Waals surface area (Å²) in [5.74, 6) is -0.0219. The van der Waals surface area contributed by atoms with Gasteiger partial charge in [-0.2, -0.15) is 0 Å². The molecule has 0 bridgehead atoms. The molecular formula is C18H33Cl3N4O. The number of rotatable bonds is 7. The molecule has 0 aliphatic carbocycles. The maximum Gasteiger partial charge on any atom is 0.251 e. The largest absolute Gasteiger partial charge is 0.399 e. The molecule has 0 spiro atoms. The van der Waals surface area contributed by atoms with Gasteiger partial charge in [-0.3, -0.25) is 4.79 Å². The predicted molar refractivity (Wildman–Crippen MR) is 117 cm³/mol. The van der Waals surface area contributed by atoms with Crippen molar-refractivity contribution in [1.82, 2.24) is 15.1 Å². The van der Waals surface area contributed by atoms with Crippen LogP contribution in [-0.2, 0) is 0 Å². The molecule has 3 N–H and O–H groups in total. The monoisotopic (exact) mass is 426 g/mol. The minimum Gasteiger partial charge on any atom is -0.399 e. The minimum atomic E-state index is -0.0219. The van der Waals surface area contributed by atoms with Gasteiger partial charge in [-0.25, -0.2) is 0 Å². The van der Waals surface area contributed by atoms with E-state index in [0.29, 0.717) is 11.3 Å². The van der Waals surface area contributed by atoms with E-state index in [1.54, 1.807) is 6.07 Å². The number of carbonyl (C=O) groups is 1. The molecule has 0 saturated carbocycles. The molecule has 1 aromatic rings. The second-order valence-corrected chi connectivity index (χ2v) is 6.31. The number of nitrogens with zero attached hydrogens (tertiary/aromatic N) is 2. The van der Waals surface area contributed by atoms with Crippen LogP contribution in [0.3, 0.4) is 0 Å². The van der Waals surface area contributed by atoms with Crippen molar-refractivity contribution in [3.8, 4) is 0 Å². The fourth-order valence-electron chi connectivity index (χ4n) is 2.97. The lowest BCUT2D eigenvalue weighted by atomic mass is 10.1. The number of nitrogens with one attached hydrogen (secondary N) is 1. The van der Waals surface area contributed by atoms with Gasteiger partial charge in [0.2, 0.25) is 0 Å². The number of hydrogen-bond acceptors (Lipinski definition) is 4. The third-order valence-electron chi connectivity index (χ3n) is 4.61. The number of benzene rings is 1. The van der Waals surface area contributed by atoms with Crippen LogP contribution in [0.2, 0.25) is 0 Å². The summed E-state index contributed by atoms with van der Waals surface area (Å²) in [4.78, 5) is 17.2. The van der Waals surface area contributed by atoms with Gasteiger partial charge in [0.25, 0.3) is 5.91 Å². The van der Waals surface area contributed by atoms with E-state index < -0.39 is 0 Å². The molecule has 0 atom stereocenters. The maximum absolute atomic E-state index is 12.2. The Labute approximate surface area is 176 Å². The topological polar surface area (TPSA) is 61.6 Å². The number of hydrogen-bond donors (Lipinski definition) is 2. The van der Waals surface area contributed by atoms with Crippen LogP contribution in [0.1, 0.15) is 35.7 Å². The van der Waals surface area contributed by atoms with Crippen LogP contribution >= 0.6 is 37.2 Å². The van der Waals surface area contributed by atoms with Crippen molar-refractivity contribution in [2.24, 2.45) is 0 Å². The molecule has 26 heavy (non-hydrogen) atoms. The van der Waals surface area contributed by atoms with Gasteiger partial charge in [0.1, 0.15) is 0 Å². The van der Waals surface area contributed by atoms with Gasteiger partial charge in [0.15, 0.2) is 0 Å². The van der Waals surface area contributed by atoms with Crippen LogP contribution in [-0.4, -0.2) is 61.5 Å². The summed E-state index contributed by atoms with van der Waals surface area (Å²) in [5.41, 5.74) is 8.03. The Kier molecular flexibility index (Phi) is 15.2. The fraction of sp³-hybridized carbons (Fsp3) is 0.611. The number of carbonyl (C=O) groups excluding carboxylic acids is 1. The highest BCUT2D eigenvalue weighted by Crippen LogP contribution is 2.12. The highest BCUT2D eigenvalue weighted by Gasteiger charge is 2.14. The summed E-state index contributed by atoms with van der Waals surface area (Å²) in [6, 6.07) is 5.46. The number of anilines is 1. The second kappa shape index (κ2) is 14.4. The predicted octanol–water partition coefficient (Wildman–Crippen LogP) is 2.99. The number of piperazine rings is 1. The lowest BCUT2D eigenvalue weighted by molar-refractivity contribution is 0.0951. The van der Waals surface area contributed by atoms with Gasteiger partial charge in [0.05, 0.1) is 0 Å². The SMILES string of the molecule is CCN1CCN(CCCCNC(=O)c2cc(N)ccc2C)CC1.Cl.Cl.Cl. The lowest BCUT2D eigenvalue weighted by Crippen LogP contribution is -2.46. The number of nitrogen functional groups attached to an aromatic ring is 1. The van der Waals surface area contributed by atoms with Crippen molar-refractivity contribution in [1.29, 1.82) is 0 Å². The van der Waals surface area contributed by atoms with Crippen LogP contribution in [0, 0.1) is 6.92 Å². The molecule has 0 radical (unpaired) electrons. The van der Waals surface area contributed by atoms with Gasteiger partial charge in [-0.05, 0) is 50.6 Å². The Bertz CT molecular complexity index is 523. The minimum absolute atomic E-state index is 0. The van der Waals surface area contributed by atoms with Crippen molar-refractivity contribution >= 4 is 48.8 Å². The molecule has 1 aromatic carbocycles. The van der Waals surface area contributed by atoms with Crippen molar-refractivity contribution in [3.05, 3.63) is 29.3 Å². The molecule has 1 saturated heterocycles. The van der Waals surface area contributed by atoms with Crippen LogP contribution < -0.4 is 11.1 Å². The number of amides is 1. The van der Waals surface area contributed by atoms with Crippen molar-refractivity contribution < 1.29 is 4.79 Å². The first-order chi connectivity index (χ1) is 11.1. The van der Waals surface area contributed by atoms with Gasteiger partial charge in [-0.1, -0.05) is 13.0 Å². The van der Waals surface area contributed by atoms with Gasteiger partial charge in [-0.15, -0.1) is 37.2 Å². The summed E-state index contributed by atoms with van der Waals surface area (Å²) in [7, 11) is 0. The van der Waals surface area contributed by atoms with E-state index in [-0.39, 0.29) is 43.1 Å². The molecule has 152 valence electrons. The third kappa shape index (κ3) is 8.78. The molecule has 5 nitrogen and oxygen atoms in total. The Morgan fingerprint density at radius 2 is 1.69 bits per heavy atom. The third-order valence-corrected chi connectivity index (χ3v) is 4.61. The highest BCUT2D eigenvalue weighted by atomic mass is 35.5. The first-order valence-corrected chi connectivity index (χ1v) is 8.69. The summed E-state index contributed by atoms with van der Waals surface area (Å²) in [6.07, 6.45) is 2.14. The lowest BCUT2D eigenvalue weighted by Gasteiger charge is -2.33. The van der Waals surface area contributed by atoms with E-state index >= 15 is 0 Å². The molecule has 1 aliphatic rings. The van der Waals surface area contributed by atoms with Crippen molar-refractivity contribution in [2.75, 3.05) is 51.5 Å². The number of likely N-dealkylation sites (N-methyl/N-ethyl adjacent to an activating group) is 1. The molecule has 1 aliphatic heterocycles. The molecule has 0 aromatic heterocycles. The van der Waals surface area contributed by atoms with Crippen molar-refractivity contribution in [2.45, 2.75) is 26.7 Å². The van der Waals surface area contributed by atoms with E-state index in [1.807, 2.05) is 19.1 Å². The number of nitrogens with two attached hydrogens (primary N) is 1. The van der Waals surface area contributed by atoms with E-state index in [1.165, 1.54) is 26.2 Å². The summed E-state index contributed by atoms with van der Waals surface area (Å²) in [6.45, 7) is 11.9. The van der Waals surface area contributed by atoms with Crippen molar-refractivity contribution in [3.63, 3.8) is 0 Å². The van der Waals surface area contributed by atoms with E-state index in [2.05, 4.69) is 22.0 Å². The Morgan fingerprint density at radius 3 is 2.31 bits per heavy atom. The van der Waals surface area contributed by atoms with Crippen LogP contribution in [0.15, 0.2) is 18.2 Å². The molecule has 0 unspecified atom stereocenters. The van der Waals surface area contributed by atoms with Crippen LogP contribution in [0.25, 0.3) is 0 Å². The zero-order valence-electron chi connectivity index (χ0n) is 15.7. The van der Waals surface area contributed by atoms with E-state index in [9.17, 15) is 4.79 Å². The molecule has 1 amide bonds. The Morgan fingerprint density at radius 1 is 1.08 bits per heavy atom. The van der Waals surface area contributed by atoms with Crippen LogP contribution in [0.5, 0.6) is 0 Å². The van der Waals surface area contributed by atoms with Gasteiger partial charge in [0, 0.05) is 44.0 Å². The van der Waals surface area contributed by atoms with Crippen LogP contribution in [0.4, 0.5) is 5.69 Å². The molecular weight excluding hydrogens is 395 g/mol. The summed E-state index contributed by atoms with van der Waals surface area (Å²) >= 11 is 0. The average molecular weight is 428 g/mol. The Hall–Kier alpha value is -0.720. The molecule has 2 rings (SSSR count). The Balaban J connectivity index is 0. The normalized spacial score (nSPS) is 14.5. The first kappa shape index (κ1) is 27.5. The fourth-order valence-corrected chi connectivity index (χ4v) is 2.97. The highest BCUT2D eigenvalue weighted by molar-refractivity contribution is 5.96. The summed E-state index contributed by atoms with van der Waals surface area (Å²) in [5, 5.41) is 3.00. The second-order valence-electron chi connectivity index (χ2n) is 6.31. The maximum atomic E-state index is 12.2. The zero-order valence-corrected chi connectivity index (χ0v) is 18.2. The van der Waals surface area contributed by atoms with E-state index in [4.69, 9.17) is 5.73 Å². The smallest absolute Gasteiger partial charge is 0.251 e. The molecule has 1 heterocycles.